The Balaban J connectivity index is 2.68. The van der Waals surface area contributed by atoms with Gasteiger partial charge in [-0.25, -0.2) is 0 Å². The van der Waals surface area contributed by atoms with E-state index in [-0.39, 0.29) is 18.4 Å². The molecule has 0 heterocycles. The Morgan fingerprint density at radius 3 is 2.44 bits per heavy atom. The van der Waals surface area contributed by atoms with E-state index in [4.69, 9.17) is 10.4 Å². The van der Waals surface area contributed by atoms with Gasteiger partial charge in [0.05, 0.1) is 18.1 Å². The number of hydrogen-bond donors (Lipinski definition) is 2. The van der Waals surface area contributed by atoms with Crippen LogP contribution in [0.25, 0.3) is 0 Å². The Hall–Kier alpha value is -2.35. The summed E-state index contributed by atoms with van der Waals surface area (Å²) in [5.74, 6) is -1.27. The third-order valence-electron chi connectivity index (χ3n) is 2.53. The topological polar surface area (TPSA) is 90.2 Å². The van der Waals surface area contributed by atoms with Gasteiger partial charge in [-0.3, -0.25) is 9.59 Å². The average Bonchev–Trinajstić information content (AvgIpc) is 2.37. The molecule has 0 spiro atoms. The van der Waals surface area contributed by atoms with E-state index in [1.54, 1.807) is 24.3 Å². The summed E-state index contributed by atoms with van der Waals surface area (Å²) >= 11 is 0. The third kappa shape index (κ3) is 3.91. The SMILES string of the molecule is CCC(CC(=O)O)NC(=O)c1ccc(C#N)cc1. The number of nitrogens with zero attached hydrogens (tertiary/aromatic N) is 1. The van der Waals surface area contributed by atoms with E-state index in [9.17, 15) is 9.59 Å². The molecule has 0 radical (unpaired) electrons. The molecule has 1 amide bonds. The van der Waals surface area contributed by atoms with E-state index in [1.807, 2.05) is 13.0 Å². The van der Waals surface area contributed by atoms with Gasteiger partial charge >= 0.3 is 5.97 Å². The second-order valence-corrected chi connectivity index (χ2v) is 3.87. The van der Waals surface area contributed by atoms with Gasteiger partial charge in [0, 0.05) is 11.6 Å². The predicted molar refractivity (Wildman–Crippen MR) is 65.0 cm³/mol. The Bertz CT molecular complexity index is 474. The van der Waals surface area contributed by atoms with Crippen molar-refractivity contribution in [2.75, 3.05) is 0 Å². The van der Waals surface area contributed by atoms with Crippen molar-refractivity contribution in [3.05, 3.63) is 35.4 Å². The minimum absolute atomic E-state index is 0.0987. The van der Waals surface area contributed by atoms with Crippen LogP contribution in [-0.2, 0) is 4.79 Å². The van der Waals surface area contributed by atoms with Crippen molar-refractivity contribution in [1.29, 1.82) is 5.26 Å². The highest BCUT2D eigenvalue weighted by atomic mass is 16.4. The molecule has 0 aliphatic rings. The Morgan fingerprint density at radius 1 is 1.39 bits per heavy atom. The number of nitriles is 1. The molecule has 0 aliphatic carbocycles. The molecule has 0 saturated heterocycles. The molecular weight excluding hydrogens is 232 g/mol. The number of carboxylic acid groups (broad SMARTS) is 1. The number of carbonyl (C=O) groups excluding carboxylic acids is 1. The molecule has 0 bridgehead atoms. The summed E-state index contributed by atoms with van der Waals surface area (Å²) in [6.45, 7) is 1.81. The first kappa shape index (κ1) is 13.7. The van der Waals surface area contributed by atoms with Crippen LogP contribution in [0.2, 0.25) is 0 Å². The van der Waals surface area contributed by atoms with Gasteiger partial charge < -0.3 is 10.4 Å². The van der Waals surface area contributed by atoms with Crippen molar-refractivity contribution in [2.24, 2.45) is 0 Å². The van der Waals surface area contributed by atoms with Gasteiger partial charge in [-0.2, -0.15) is 5.26 Å². The zero-order valence-corrected chi connectivity index (χ0v) is 10.0. The fourth-order valence-electron chi connectivity index (χ4n) is 1.47. The summed E-state index contributed by atoms with van der Waals surface area (Å²) in [5, 5.41) is 20.0. The molecule has 2 N–H and O–H groups in total. The predicted octanol–water partition coefficient (Wildman–Crippen LogP) is 1.54. The van der Waals surface area contributed by atoms with E-state index in [1.165, 1.54) is 0 Å². The number of amides is 1. The first-order valence-corrected chi connectivity index (χ1v) is 5.59. The third-order valence-corrected chi connectivity index (χ3v) is 2.53. The number of carbonyl (C=O) groups is 2. The molecule has 5 heteroatoms. The minimum atomic E-state index is -0.943. The fourth-order valence-corrected chi connectivity index (χ4v) is 1.47. The normalized spacial score (nSPS) is 11.3. The molecule has 0 aliphatic heterocycles. The van der Waals surface area contributed by atoms with Gasteiger partial charge in [-0.1, -0.05) is 6.92 Å². The second-order valence-electron chi connectivity index (χ2n) is 3.87. The van der Waals surface area contributed by atoms with Gasteiger partial charge in [-0.05, 0) is 30.7 Å². The number of aliphatic carboxylic acids is 1. The molecule has 18 heavy (non-hydrogen) atoms. The van der Waals surface area contributed by atoms with Crippen LogP contribution in [0, 0.1) is 11.3 Å². The summed E-state index contributed by atoms with van der Waals surface area (Å²) in [7, 11) is 0. The van der Waals surface area contributed by atoms with Crippen LogP contribution in [0.5, 0.6) is 0 Å². The highest BCUT2D eigenvalue weighted by Crippen LogP contribution is 2.05. The summed E-state index contributed by atoms with van der Waals surface area (Å²) in [6.07, 6.45) is 0.451. The van der Waals surface area contributed by atoms with Crippen LogP contribution in [0.4, 0.5) is 0 Å². The van der Waals surface area contributed by atoms with Gasteiger partial charge in [-0.15, -0.1) is 0 Å². The number of rotatable bonds is 5. The summed E-state index contributed by atoms with van der Waals surface area (Å²) in [5.41, 5.74) is 0.891. The van der Waals surface area contributed by atoms with Crippen LogP contribution in [0.15, 0.2) is 24.3 Å². The molecule has 94 valence electrons. The van der Waals surface area contributed by atoms with E-state index in [2.05, 4.69) is 5.32 Å². The summed E-state index contributed by atoms with van der Waals surface area (Å²) in [6, 6.07) is 7.76. The van der Waals surface area contributed by atoms with Crippen molar-refractivity contribution >= 4 is 11.9 Å². The van der Waals surface area contributed by atoms with Crippen LogP contribution in [0.3, 0.4) is 0 Å². The zero-order valence-electron chi connectivity index (χ0n) is 10.0. The molecule has 0 saturated carbocycles. The van der Waals surface area contributed by atoms with Crippen molar-refractivity contribution in [3.8, 4) is 6.07 Å². The minimum Gasteiger partial charge on any atom is -0.481 e. The van der Waals surface area contributed by atoms with Crippen molar-refractivity contribution < 1.29 is 14.7 Å². The second kappa shape index (κ2) is 6.40. The largest absolute Gasteiger partial charge is 0.481 e. The van der Waals surface area contributed by atoms with Crippen LogP contribution >= 0.6 is 0 Å². The first-order chi connectivity index (χ1) is 8.56. The maximum Gasteiger partial charge on any atom is 0.305 e. The standard InChI is InChI=1S/C13H14N2O3/c1-2-11(7-12(16)17)15-13(18)10-5-3-9(8-14)4-6-10/h3-6,11H,2,7H2,1H3,(H,15,18)(H,16,17). The number of carboxylic acids is 1. The monoisotopic (exact) mass is 246 g/mol. The smallest absolute Gasteiger partial charge is 0.305 e. The molecular formula is C13H14N2O3. The van der Waals surface area contributed by atoms with E-state index in [0.29, 0.717) is 17.5 Å². The number of hydrogen-bond acceptors (Lipinski definition) is 3. The fraction of sp³-hybridized carbons (Fsp3) is 0.308. The maximum absolute atomic E-state index is 11.8. The summed E-state index contributed by atoms with van der Waals surface area (Å²) in [4.78, 5) is 22.4. The summed E-state index contributed by atoms with van der Waals surface area (Å²) < 4.78 is 0. The van der Waals surface area contributed by atoms with E-state index >= 15 is 0 Å². The van der Waals surface area contributed by atoms with Crippen LogP contribution in [0.1, 0.15) is 35.7 Å². The first-order valence-electron chi connectivity index (χ1n) is 5.59. The Kier molecular flexibility index (Phi) is 4.88. The van der Waals surface area contributed by atoms with Gasteiger partial charge in [0.15, 0.2) is 0 Å². The molecule has 0 fully saturated rings. The van der Waals surface area contributed by atoms with Crippen molar-refractivity contribution in [3.63, 3.8) is 0 Å². The highest BCUT2D eigenvalue weighted by molar-refractivity contribution is 5.94. The lowest BCUT2D eigenvalue weighted by molar-refractivity contribution is -0.137. The van der Waals surface area contributed by atoms with Crippen LogP contribution < -0.4 is 5.32 Å². The van der Waals surface area contributed by atoms with Gasteiger partial charge in [0.25, 0.3) is 5.91 Å². The van der Waals surface area contributed by atoms with E-state index in [0.717, 1.165) is 0 Å². The Morgan fingerprint density at radius 2 is 2.00 bits per heavy atom. The lowest BCUT2D eigenvalue weighted by atomic mass is 10.1. The average molecular weight is 246 g/mol. The molecule has 0 aromatic heterocycles. The number of nitrogens with one attached hydrogen (secondary N) is 1. The lowest BCUT2D eigenvalue weighted by Gasteiger charge is -2.14. The van der Waals surface area contributed by atoms with E-state index < -0.39 is 5.97 Å². The molecule has 1 atom stereocenters. The van der Waals surface area contributed by atoms with Crippen molar-refractivity contribution in [1.82, 2.24) is 5.32 Å². The quantitative estimate of drug-likeness (QED) is 0.824. The van der Waals surface area contributed by atoms with Crippen LogP contribution in [-0.4, -0.2) is 23.0 Å². The molecule has 1 unspecified atom stereocenters. The van der Waals surface area contributed by atoms with Crippen molar-refractivity contribution in [2.45, 2.75) is 25.8 Å². The maximum atomic E-state index is 11.8. The lowest BCUT2D eigenvalue weighted by Crippen LogP contribution is -2.35. The van der Waals surface area contributed by atoms with Gasteiger partial charge in [0.1, 0.15) is 0 Å². The molecule has 1 aromatic rings. The van der Waals surface area contributed by atoms with Gasteiger partial charge in [0.2, 0.25) is 0 Å². The number of benzene rings is 1. The zero-order chi connectivity index (χ0) is 13.5. The molecule has 5 nitrogen and oxygen atoms in total. The molecule has 1 aromatic carbocycles. The highest BCUT2D eigenvalue weighted by Gasteiger charge is 2.14. The Labute approximate surface area is 105 Å². The molecule has 1 rings (SSSR count).